The molecule has 0 saturated carbocycles. The molecule has 0 spiro atoms. The highest BCUT2D eigenvalue weighted by Gasteiger charge is 2.20. The normalized spacial score (nSPS) is 14.8. The number of hydrogen-bond acceptors (Lipinski definition) is 5. The average molecular weight is 467 g/mol. The van der Waals surface area contributed by atoms with Crippen LogP contribution < -0.4 is 0 Å². The molecule has 1 aliphatic rings. The first-order valence-electron chi connectivity index (χ1n) is 11.7. The Morgan fingerprint density at radius 3 is 2.51 bits per heavy atom. The molecule has 0 atom stereocenters. The molecule has 7 heteroatoms. The van der Waals surface area contributed by atoms with E-state index in [4.69, 9.17) is 4.99 Å². The lowest BCUT2D eigenvalue weighted by Gasteiger charge is -2.10. The van der Waals surface area contributed by atoms with Gasteiger partial charge in [-0.15, -0.1) is 0 Å². The predicted octanol–water partition coefficient (Wildman–Crippen LogP) is 6.06. The fraction of sp³-hybridized carbons (Fsp3) is 0.179. The molecule has 1 fully saturated rings. The molecule has 3 aromatic carbocycles. The van der Waals surface area contributed by atoms with Crippen molar-refractivity contribution in [3.63, 3.8) is 0 Å². The van der Waals surface area contributed by atoms with Crippen molar-refractivity contribution in [3.05, 3.63) is 106 Å². The van der Waals surface area contributed by atoms with E-state index >= 15 is 0 Å². The summed E-state index contributed by atoms with van der Waals surface area (Å²) >= 11 is 0. The van der Waals surface area contributed by atoms with Crippen molar-refractivity contribution in [2.45, 2.75) is 12.8 Å². The Bertz CT molecular complexity index is 1400. The molecular weight excluding hydrogens is 440 g/mol. The minimum absolute atomic E-state index is 0.0461. The number of H-pyrrole nitrogens is 1. The Morgan fingerprint density at radius 1 is 1.06 bits per heavy atom. The van der Waals surface area contributed by atoms with Crippen LogP contribution in [-0.4, -0.2) is 45.3 Å². The second kappa shape index (κ2) is 9.95. The van der Waals surface area contributed by atoms with Crippen molar-refractivity contribution in [2.24, 2.45) is 4.99 Å². The number of non-ortho nitro benzene ring substituents is 1. The number of nitrogens with one attached hydrogen (secondary N) is 1. The quantitative estimate of drug-likeness (QED) is 0.197. The van der Waals surface area contributed by atoms with Gasteiger partial charge in [0.2, 0.25) is 0 Å². The Morgan fingerprint density at radius 2 is 1.80 bits per heavy atom. The molecular formula is C28H26N4O3. The predicted molar refractivity (Wildman–Crippen MR) is 140 cm³/mol. The Kier molecular flexibility index (Phi) is 6.41. The maximum Gasteiger partial charge on any atom is 0.270 e. The molecule has 5 rings (SSSR count). The van der Waals surface area contributed by atoms with Crippen LogP contribution in [0, 0.1) is 10.1 Å². The standard InChI is InChI=1S/C28H26N4O3/c33-28-26(24-19-23(32(34)35)14-15-25(24)30-28)27(21-8-2-1-3-9-21)29-22-12-10-20(11-13-22)7-6-18-31-16-4-5-17-31/h1-3,6-15,19,30,33H,4-5,16-18H2/b7-6-,29-27?. The van der Waals surface area contributed by atoms with Gasteiger partial charge in [-0.25, -0.2) is 4.99 Å². The number of aromatic amines is 1. The highest BCUT2D eigenvalue weighted by molar-refractivity contribution is 6.22. The van der Waals surface area contributed by atoms with Gasteiger partial charge in [-0.1, -0.05) is 54.6 Å². The summed E-state index contributed by atoms with van der Waals surface area (Å²) in [5, 5.41) is 22.7. The first-order chi connectivity index (χ1) is 17.1. The number of benzene rings is 3. The summed E-state index contributed by atoms with van der Waals surface area (Å²) in [6, 6.07) is 21.9. The molecule has 2 N–H and O–H groups in total. The van der Waals surface area contributed by atoms with Gasteiger partial charge >= 0.3 is 0 Å². The van der Waals surface area contributed by atoms with Crippen molar-refractivity contribution in [3.8, 4) is 5.88 Å². The van der Waals surface area contributed by atoms with Gasteiger partial charge in [0.15, 0.2) is 5.88 Å². The van der Waals surface area contributed by atoms with Crippen LogP contribution in [0.25, 0.3) is 17.0 Å². The lowest BCUT2D eigenvalue weighted by atomic mass is 10.0. The summed E-state index contributed by atoms with van der Waals surface area (Å²) in [6.45, 7) is 3.30. The van der Waals surface area contributed by atoms with E-state index in [1.54, 1.807) is 6.07 Å². The van der Waals surface area contributed by atoms with Crippen molar-refractivity contribution < 1.29 is 10.0 Å². The molecule has 0 aliphatic carbocycles. The second-order valence-electron chi connectivity index (χ2n) is 8.66. The van der Waals surface area contributed by atoms with Gasteiger partial charge in [0.25, 0.3) is 5.69 Å². The van der Waals surface area contributed by atoms with Gasteiger partial charge in [-0.3, -0.25) is 15.0 Å². The van der Waals surface area contributed by atoms with Crippen LogP contribution in [-0.2, 0) is 0 Å². The summed E-state index contributed by atoms with van der Waals surface area (Å²) < 4.78 is 0. The molecule has 1 aliphatic heterocycles. The number of fused-ring (bicyclic) bond motifs is 1. The third-order valence-electron chi connectivity index (χ3n) is 6.26. The monoisotopic (exact) mass is 466 g/mol. The van der Waals surface area contributed by atoms with Crippen molar-refractivity contribution in [1.29, 1.82) is 0 Å². The number of aliphatic imine (C=N–C) groups is 1. The Hall–Kier alpha value is -4.23. The maximum atomic E-state index is 11.4. The summed E-state index contributed by atoms with van der Waals surface area (Å²) in [5.74, 6) is -0.0791. The van der Waals surface area contributed by atoms with Gasteiger partial charge in [0.1, 0.15) is 0 Å². The van der Waals surface area contributed by atoms with E-state index in [-0.39, 0.29) is 11.6 Å². The molecule has 0 radical (unpaired) electrons. The number of rotatable bonds is 7. The van der Waals surface area contributed by atoms with E-state index in [1.807, 2.05) is 54.6 Å². The van der Waals surface area contributed by atoms with Gasteiger partial charge in [-0.05, 0) is 49.7 Å². The topological polar surface area (TPSA) is 94.8 Å². The fourth-order valence-electron chi connectivity index (χ4n) is 4.47. The molecule has 0 amide bonds. The van der Waals surface area contributed by atoms with E-state index < -0.39 is 4.92 Å². The largest absolute Gasteiger partial charge is 0.494 e. The van der Waals surface area contributed by atoms with E-state index in [9.17, 15) is 15.2 Å². The molecule has 1 aromatic heterocycles. The highest BCUT2D eigenvalue weighted by atomic mass is 16.6. The van der Waals surface area contributed by atoms with Crippen molar-refractivity contribution >= 4 is 34.1 Å². The minimum Gasteiger partial charge on any atom is -0.494 e. The SMILES string of the molecule is O=[N+]([O-])c1ccc2[nH]c(O)c(C(=Nc3ccc(/C=C\CN4CCCC4)cc3)c3ccccc3)c2c1. The number of nitro groups is 1. The zero-order chi connectivity index (χ0) is 24.2. The zero-order valence-electron chi connectivity index (χ0n) is 19.2. The lowest BCUT2D eigenvalue weighted by molar-refractivity contribution is -0.384. The van der Waals surface area contributed by atoms with Gasteiger partial charge in [0.05, 0.1) is 21.9 Å². The van der Waals surface area contributed by atoms with E-state index in [1.165, 1.54) is 38.1 Å². The molecule has 0 unspecified atom stereocenters. The van der Waals surface area contributed by atoms with Crippen LogP contribution in [0.5, 0.6) is 5.88 Å². The number of aromatic hydroxyl groups is 1. The van der Waals surface area contributed by atoms with E-state index in [0.29, 0.717) is 22.2 Å². The number of aromatic nitrogens is 1. The third-order valence-corrected chi connectivity index (χ3v) is 6.26. The van der Waals surface area contributed by atoms with E-state index in [2.05, 4.69) is 22.0 Å². The molecule has 1 saturated heterocycles. The number of likely N-dealkylation sites (tertiary alicyclic amines) is 1. The van der Waals surface area contributed by atoms with Crippen LogP contribution >= 0.6 is 0 Å². The van der Waals surface area contributed by atoms with Gasteiger partial charge in [0, 0.05) is 35.1 Å². The molecule has 35 heavy (non-hydrogen) atoms. The summed E-state index contributed by atoms with van der Waals surface area (Å²) in [5.41, 5.74) is 4.14. The van der Waals surface area contributed by atoms with Crippen molar-refractivity contribution in [1.82, 2.24) is 9.88 Å². The first-order valence-corrected chi connectivity index (χ1v) is 11.7. The molecule has 7 nitrogen and oxygen atoms in total. The van der Waals surface area contributed by atoms with Crippen LogP contribution in [0.4, 0.5) is 11.4 Å². The Labute approximate surface area is 203 Å². The van der Waals surface area contributed by atoms with Crippen molar-refractivity contribution in [2.75, 3.05) is 19.6 Å². The maximum absolute atomic E-state index is 11.4. The summed E-state index contributed by atoms with van der Waals surface area (Å²) in [6.07, 6.45) is 6.87. The van der Waals surface area contributed by atoms with Crippen LogP contribution in [0.1, 0.15) is 29.5 Å². The van der Waals surface area contributed by atoms with Crippen LogP contribution in [0.2, 0.25) is 0 Å². The van der Waals surface area contributed by atoms with Crippen LogP contribution in [0.15, 0.2) is 83.9 Å². The third kappa shape index (κ3) is 5.00. The second-order valence-corrected chi connectivity index (χ2v) is 8.66. The molecule has 0 bridgehead atoms. The smallest absolute Gasteiger partial charge is 0.270 e. The lowest BCUT2D eigenvalue weighted by Crippen LogP contribution is -2.18. The first kappa shape index (κ1) is 22.6. The molecule has 176 valence electrons. The molecule has 2 heterocycles. The fourth-order valence-corrected chi connectivity index (χ4v) is 4.47. The minimum atomic E-state index is -0.442. The number of hydrogen-bond donors (Lipinski definition) is 2. The number of nitrogens with zero attached hydrogens (tertiary/aromatic N) is 3. The summed E-state index contributed by atoms with van der Waals surface area (Å²) in [7, 11) is 0. The van der Waals surface area contributed by atoms with Gasteiger partial charge in [-0.2, -0.15) is 0 Å². The zero-order valence-corrected chi connectivity index (χ0v) is 19.2. The summed E-state index contributed by atoms with van der Waals surface area (Å²) in [4.78, 5) is 21.2. The van der Waals surface area contributed by atoms with E-state index in [0.717, 1.165) is 23.4 Å². The van der Waals surface area contributed by atoms with Crippen LogP contribution in [0.3, 0.4) is 0 Å². The van der Waals surface area contributed by atoms with Gasteiger partial charge < -0.3 is 10.1 Å². The number of nitro benzene ring substituents is 1. The highest BCUT2D eigenvalue weighted by Crippen LogP contribution is 2.33. The Balaban J connectivity index is 1.52. The molecule has 4 aromatic rings. The average Bonchev–Trinajstić information content (AvgIpc) is 3.50.